The molecule has 158 valence electrons. The normalized spacial score (nSPS) is 12.5. The van der Waals surface area contributed by atoms with E-state index >= 15 is 0 Å². The number of hydrogen-bond acceptors (Lipinski definition) is 5. The third-order valence-corrected chi connectivity index (χ3v) is 4.78. The number of hydrazone groups is 1. The summed E-state index contributed by atoms with van der Waals surface area (Å²) in [5, 5.41) is 4.04. The first-order chi connectivity index (χ1) is 15.2. The Labute approximate surface area is 181 Å². The van der Waals surface area contributed by atoms with Crippen molar-refractivity contribution in [2.24, 2.45) is 5.10 Å². The summed E-state index contributed by atoms with van der Waals surface area (Å²) >= 11 is 0. The van der Waals surface area contributed by atoms with Crippen LogP contribution in [0.15, 0.2) is 71.8 Å². The van der Waals surface area contributed by atoms with E-state index < -0.39 is 0 Å². The molecule has 0 aromatic heterocycles. The Morgan fingerprint density at radius 2 is 1.68 bits per heavy atom. The minimum atomic E-state index is -0.203. The molecular weight excluding hydrogens is 392 g/mol. The predicted octanol–water partition coefficient (Wildman–Crippen LogP) is 4.04. The molecule has 3 aromatic carbocycles. The van der Waals surface area contributed by atoms with Crippen LogP contribution in [0.5, 0.6) is 17.2 Å². The van der Waals surface area contributed by atoms with Gasteiger partial charge in [-0.3, -0.25) is 4.79 Å². The van der Waals surface area contributed by atoms with Gasteiger partial charge in [0, 0.05) is 0 Å². The highest BCUT2D eigenvalue weighted by Crippen LogP contribution is 2.30. The zero-order valence-corrected chi connectivity index (χ0v) is 17.3. The van der Waals surface area contributed by atoms with Crippen molar-refractivity contribution in [2.45, 2.75) is 20.0 Å². The van der Waals surface area contributed by atoms with E-state index in [1.54, 1.807) is 6.21 Å². The van der Waals surface area contributed by atoms with Crippen LogP contribution in [0, 0.1) is 6.92 Å². The van der Waals surface area contributed by atoms with Gasteiger partial charge in [-0.1, -0.05) is 35.9 Å². The average Bonchev–Trinajstić information content (AvgIpc) is 2.79. The van der Waals surface area contributed by atoms with Gasteiger partial charge in [-0.25, -0.2) is 5.43 Å². The number of carbonyl (C=O) groups is 1. The Balaban J connectivity index is 1.24. The first kappa shape index (κ1) is 20.5. The van der Waals surface area contributed by atoms with Gasteiger partial charge in [0.1, 0.15) is 25.6 Å². The minimum Gasteiger partial charge on any atom is -0.489 e. The van der Waals surface area contributed by atoms with Crippen LogP contribution < -0.4 is 19.6 Å². The molecule has 0 saturated heterocycles. The van der Waals surface area contributed by atoms with Crippen molar-refractivity contribution in [1.29, 1.82) is 0 Å². The third-order valence-electron chi connectivity index (χ3n) is 4.78. The molecule has 1 aliphatic rings. The van der Waals surface area contributed by atoms with Gasteiger partial charge in [-0.15, -0.1) is 0 Å². The molecule has 0 radical (unpaired) electrons. The van der Waals surface area contributed by atoms with E-state index in [1.165, 1.54) is 5.56 Å². The lowest BCUT2D eigenvalue weighted by atomic mass is 10.1. The molecule has 6 nitrogen and oxygen atoms in total. The van der Waals surface area contributed by atoms with Gasteiger partial charge in [0.15, 0.2) is 11.5 Å². The minimum absolute atomic E-state index is 0.203. The second-order valence-electron chi connectivity index (χ2n) is 7.29. The summed E-state index contributed by atoms with van der Waals surface area (Å²) in [5.41, 5.74) is 6.61. The van der Waals surface area contributed by atoms with Crippen LogP contribution in [-0.2, 0) is 17.8 Å². The van der Waals surface area contributed by atoms with E-state index in [-0.39, 0.29) is 12.3 Å². The zero-order chi connectivity index (χ0) is 21.5. The van der Waals surface area contributed by atoms with E-state index in [0.29, 0.717) is 31.3 Å². The summed E-state index contributed by atoms with van der Waals surface area (Å²) in [5.74, 6) is 1.95. The largest absolute Gasteiger partial charge is 0.489 e. The number of rotatable bonds is 7. The molecule has 3 aromatic rings. The SMILES string of the molecule is Cc1ccc(COc2ccc(/C=N/NC(=O)Cc3ccc4c(c3)OCCO4)cc2)cc1. The summed E-state index contributed by atoms with van der Waals surface area (Å²) in [7, 11) is 0. The van der Waals surface area contributed by atoms with E-state index in [9.17, 15) is 4.79 Å². The van der Waals surface area contributed by atoms with Crippen LogP contribution >= 0.6 is 0 Å². The topological polar surface area (TPSA) is 69.2 Å². The number of nitrogens with one attached hydrogen (secondary N) is 1. The standard InChI is InChI=1S/C25H24N2O4/c1-18-2-4-20(5-3-18)17-31-22-9-6-19(7-10-22)16-26-27-25(28)15-21-8-11-23-24(14-21)30-13-12-29-23/h2-11,14,16H,12-13,15,17H2,1H3,(H,27,28)/b26-16+. The Morgan fingerprint density at radius 3 is 2.45 bits per heavy atom. The fraction of sp³-hybridized carbons (Fsp3) is 0.200. The van der Waals surface area contributed by atoms with E-state index in [4.69, 9.17) is 14.2 Å². The lowest BCUT2D eigenvalue weighted by Gasteiger charge is -2.18. The average molecular weight is 416 g/mol. The van der Waals surface area contributed by atoms with Crippen LogP contribution in [0.25, 0.3) is 0 Å². The van der Waals surface area contributed by atoms with Crippen molar-refractivity contribution >= 4 is 12.1 Å². The van der Waals surface area contributed by atoms with Crippen LogP contribution in [0.1, 0.15) is 22.3 Å². The van der Waals surface area contributed by atoms with Crippen LogP contribution in [-0.4, -0.2) is 25.3 Å². The van der Waals surface area contributed by atoms with Crippen molar-refractivity contribution in [2.75, 3.05) is 13.2 Å². The number of hydrogen-bond donors (Lipinski definition) is 1. The first-order valence-corrected chi connectivity index (χ1v) is 10.1. The van der Waals surface area contributed by atoms with Crippen molar-refractivity contribution in [3.05, 3.63) is 89.0 Å². The zero-order valence-electron chi connectivity index (χ0n) is 17.3. The number of nitrogens with zero attached hydrogens (tertiary/aromatic N) is 1. The number of ether oxygens (including phenoxy) is 3. The maximum Gasteiger partial charge on any atom is 0.244 e. The molecule has 0 atom stereocenters. The molecule has 0 aliphatic carbocycles. The van der Waals surface area contributed by atoms with Crippen molar-refractivity contribution in [3.63, 3.8) is 0 Å². The van der Waals surface area contributed by atoms with Crippen LogP contribution in [0.2, 0.25) is 0 Å². The molecule has 1 aliphatic heterocycles. The highest BCUT2D eigenvalue weighted by molar-refractivity contribution is 5.83. The van der Waals surface area contributed by atoms with Gasteiger partial charge >= 0.3 is 0 Å². The number of carbonyl (C=O) groups excluding carboxylic acids is 1. The highest BCUT2D eigenvalue weighted by Gasteiger charge is 2.13. The second-order valence-corrected chi connectivity index (χ2v) is 7.29. The monoisotopic (exact) mass is 416 g/mol. The number of benzene rings is 3. The van der Waals surface area contributed by atoms with Gasteiger partial charge in [0.05, 0.1) is 12.6 Å². The smallest absolute Gasteiger partial charge is 0.244 e. The van der Waals surface area contributed by atoms with Crippen LogP contribution in [0.4, 0.5) is 0 Å². The van der Waals surface area contributed by atoms with E-state index in [1.807, 2.05) is 42.5 Å². The Kier molecular flexibility index (Phi) is 6.47. The molecule has 4 rings (SSSR count). The summed E-state index contributed by atoms with van der Waals surface area (Å²) < 4.78 is 16.8. The molecule has 6 heteroatoms. The third kappa shape index (κ3) is 5.85. The summed E-state index contributed by atoms with van der Waals surface area (Å²) in [6.45, 7) is 3.64. The number of fused-ring (bicyclic) bond motifs is 1. The molecule has 1 N–H and O–H groups in total. The van der Waals surface area contributed by atoms with Crippen molar-refractivity contribution < 1.29 is 19.0 Å². The molecular formula is C25H24N2O4. The van der Waals surface area contributed by atoms with Gasteiger partial charge in [0.2, 0.25) is 5.91 Å². The molecule has 0 fully saturated rings. The van der Waals surface area contributed by atoms with Crippen LogP contribution in [0.3, 0.4) is 0 Å². The van der Waals surface area contributed by atoms with E-state index in [0.717, 1.165) is 22.4 Å². The van der Waals surface area contributed by atoms with Gasteiger partial charge in [-0.2, -0.15) is 5.10 Å². The Hall–Kier alpha value is -3.80. The molecule has 0 spiro atoms. The summed E-state index contributed by atoms with van der Waals surface area (Å²) in [6.07, 6.45) is 1.81. The lowest BCUT2D eigenvalue weighted by molar-refractivity contribution is -0.120. The second kappa shape index (κ2) is 9.80. The molecule has 1 amide bonds. The maximum absolute atomic E-state index is 12.1. The van der Waals surface area contributed by atoms with Crippen molar-refractivity contribution in [1.82, 2.24) is 5.43 Å². The molecule has 31 heavy (non-hydrogen) atoms. The quantitative estimate of drug-likeness (QED) is 0.466. The van der Waals surface area contributed by atoms with Gasteiger partial charge < -0.3 is 14.2 Å². The number of aryl methyl sites for hydroxylation is 1. The lowest BCUT2D eigenvalue weighted by Crippen LogP contribution is -2.20. The highest BCUT2D eigenvalue weighted by atomic mass is 16.6. The molecule has 0 unspecified atom stereocenters. The fourth-order valence-electron chi connectivity index (χ4n) is 3.10. The summed E-state index contributed by atoms with van der Waals surface area (Å²) in [4.78, 5) is 12.1. The molecule has 0 bridgehead atoms. The first-order valence-electron chi connectivity index (χ1n) is 10.1. The maximum atomic E-state index is 12.1. The predicted molar refractivity (Wildman–Crippen MR) is 119 cm³/mol. The van der Waals surface area contributed by atoms with Gasteiger partial charge in [-0.05, 0) is 60.0 Å². The molecule has 1 heterocycles. The van der Waals surface area contributed by atoms with Gasteiger partial charge in [0.25, 0.3) is 0 Å². The Bertz CT molecular complexity index is 1060. The molecule has 0 saturated carbocycles. The van der Waals surface area contributed by atoms with E-state index in [2.05, 4.69) is 41.7 Å². The Morgan fingerprint density at radius 1 is 0.968 bits per heavy atom. The summed E-state index contributed by atoms with van der Waals surface area (Å²) in [6, 6.07) is 21.3. The van der Waals surface area contributed by atoms with Crippen molar-refractivity contribution in [3.8, 4) is 17.2 Å². The fourth-order valence-corrected chi connectivity index (χ4v) is 3.10. The number of amides is 1.